The van der Waals surface area contributed by atoms with E-state index in [1.165, 1.54) is 16.8 Å². The fourth-order valence-corrected chi connectivity index (χ4v) is 6.11. The van der Waals surface area contributed by atoms with Crippen molar-refractivity contribution in [3.8, 4) is 0 Å². The van der Waals surface area contributed by atoms with Crippen LogP contribution in [-0.2, 0) is 0 Å². The second kappa shape index (κ2) is 4.94. The Bertz CT molecular complexity index is 908. The highest BCUT2D eigenvalue weighted by molar-refractivity contribution is 6.07. The van der Waals surface area contributed by atoms with Gasteiger partial charge in [0.2, 0.25) is 0 Å². The molecule has 6 rings (SSSR count). The summed E-state index contributed by atoms with van der Waals surface area (Å²) in [5.74, 6) is 0.991. The summed E-state index contributed by atoms with van der Waals surface area (Å²) in [5.41, 5.74) is 3.81. The third-order valence-electron chi connectivity index (χ3n) is 7.36. The average molecular weight is 342 g/mol. The molecule has 4 aliphatic rings. The molecule has 26 heavy (non-hydrogen) atoms. The minimum atomic E-state index is -0.150. The number of fused-ring (bicyclic) bond motifs is 1. The number of hydrogen-bond acceptors (Lipinski definition) is 2. The van der Waals surface area contributed by atoms with Gasteiger partial charge in [-0.2, -0.15) is 0 Å². The monoisotopic (exact) mass is 342 g/mol. The van der Waals surface area contributed by atoms with Crippen LogP contribution in [0.15, 0.2) is 70.6 Å². The lowest BCUT2D eigenvalue weighted by atomic mass is 9.36. The first kappa shape index (κ1) is 16.0. The van der Waals surface area contributed by atoms with Crippen LogP contribution >= 0.6 is 0 Å². The molecule has 2 nitrogen and oxygen atoms in total. The van der Waals surface area contributed by atoms with Crippen molar-refractivity contribution >= 4 is 11.9 Å². The van der Waals surface area contributed by atoms with Crippen molar-refractivity contribution in [2.45, 2.75) is 39.3 Å². The van der Waals surface area contributed by atoms with Crippen LogP contribution in [0.3, 0.4) is 0 Å². The maximum atomic E-state index is 5.54. The first-order chi connectivity index (χ1) is 12.4. The normalized spacial score (nSPS) is 35.4. The molecule has 1 fully saturated rings. The van der Waals surface area contributed by atoms with E-state index in [-0.39, 0.29) is 22.4 Å². The SMILES string of the molecule is CC1(C)C(c2ccccc2)=NC23C(c4ccccc4)N=CC(C12)C3(C)C. The van der Waals surface area contributed by atoms with Gasteiger partial charge in [0, 0.05) is 34.6 Å². The van der Waals surface area contributed by atoms with E-state index in [2.05, 4.69) is 94.6 Å². The van der Waals surface area contributed by atoms with Crippen LogP contribution < -0.4 is 0 Å². The molecule has 1 spiro atoms. The molecule has 2 aromatic carbocycles. The average Bonchev–Trinajstić information content (AvgIpc) is 2.90. The van der Waals surface area contributed by atoms with Crippen molar-refractivity contribution in [3.63, 3.8) is 0 Å². The topological polar surface area (TPSA) is 24.7 Å². The quantitative estimate of drug-likeness (QED) is 0.702. The van der Waals surface area contributed by atoms with Crippen molar-refractivity contribution in [3.05, 3.63) is 71.8 Å². The van der Waals surface area contributed by atoms with Crippen LogP contribution in [0.25, 0.3) is 0 Å². The summed E-state index contributed by atoms with van der Waals surface area (Å²) < 4.78 is 0. The molecule has 4 atom stereocenters. The zero-order valence-electron chi connectivity index (χ0n) is 16.0. The fourth-order valence-electron chi connectivity index (χ4n) is 6.11. The molecular weight excluding hydrogens is 316 g/mol. The van der Waals surface area contributed by atoms with Crippen molar-refractivity contribution in [1.82, 2.24) is 0 Å². The van der Waals surface area contributed by atoms with E-state index in [1.807, 2.05) is 0 Å². The summed E-state index contributed by atoms with van der Waals surface area (Å²) in [6.45, 7) is 9.55. The van der Waals surface area contributed by atoms with E-state index in [0.29, 0.717) is 11.8 Å². The van der Waals surface area contributed by atoms with Gasteiger partial charge in [0.1, 0.15) is 6.04 Å². The molecule has 0 amide bonds. The van der Waals surface area contributed by atoms with Crippen molar-refractivity contribution in [2.24, 2.45) is 32.7 Å². The Hall–Kier alpha value is -2.22. The molecule has 2 heteroatoms. The van der Waals surface area contributed by atoms with Gasteiger partial charge in [0.15, 0.2) is 0 Å². The Labute approximate surface area is 156 Å². The van der Waals surface area contributed by atoms with Gasteiger partial charge in [-0.1, -0.05) is 88.4 Å². The Morgan fingerprint density at radius 1 is 0.808 bits per heavy atom. The van der Waals surface area contributed by atoms with Crippen LogP contribution in [0.1, 0.15) is 44.9 Å². The molecule has 0 N–H and O–H groups in total. The molecule has 3 heterocycles. The van der Waals surface area contributed by atoms with E-state index in [0.717, 1.165) is 0 Å². The van der Waals surface area contributed by atoms with Crippen LogP contribution in [0.4, 0.5) is 0 Å². The lowest BCUT2D eigenvalue weighted by molar-refractivity contribution is -0.126. The molecule has 3 aliphatic heterocycles. The highest BCUT2D eigenvalue weighted by Gasteiger charge is 2.78. The summed E-state index contributed by atoms with van der Waals surface area (Å²) in [7, 11) is 0. The van der Waals surface area contributed by atoms with E-state index >= 15 is 0 Å². The van der Waals surface area contributed by atoms with Crippen LogP contribution in [0.2, 0.25) is 0 Å². The molecule has 0 radical (unpaired) electrons. The number of aliphatic imine (C=N–C) groups is 2. The standard InChI is InChI=1S/C24H26N2/c1-22(2)19-18-15-25-21(17-13-9-6-10-14-17)24(19,23(18,3)4)26-20(22)16-11-7-5-8-12-16/h5-15,18-19,21H,1-4H3. The van der Waals surface area contributed by atoms with Gasteiger partial charge < -0.3 is 0 Å². The van der Waals surface area contributed by atoms with Crippen molar-refractivity contribution in [2.75, 3.05) is 0 Å². The van der Waals surface area contributed by atoms with Crippen LogP contribution in [-0.4, -0.2) is 17.5 Å². The highest BCUT2D eigenvalue weighted by Crippen LogP contribution is 2.75. The summed E-state index contributed by atoms with van der Waals surface area (Å²) in [6.07, 6.45) is 2.25. The lowest BCUT2D eigenvalue weighted by Crippen LogP contribution is -2.72. The number of benzene rings is 2. The highest BCUT2D eigenvalue weighted by atomic mass is 15.1. The number of nitrogens with zero attached hydrogens (tertiary/aromatic N) is 2. The predicted octanol–water partition coefficient (Wildman–Crippen LogP) is 5.35. The van der Waals surface area contributed by atoms with Crippen molar-refractivity contribution in [1.29, 1.82) is 0 Å². The van der Waals surface area contributed by atoms with Gasteiger partial charge in [-0.3, -0.25) is 9.98 Å². The zero-order valence-corrected chi connectivity index (χ0v) is 16.0. The van der Waals surface area contributed by atoms with Crippen molar-refractivity contribution < 1.29 is 0 Å². The Balaban J connectivity index is 1.74. The number of rotatable bonds is 2. The minimum Gasteiger partial charge on any atom is -0.287 e. The molecule has 1 aliphatic carbocycles. The predicted molar refractivity (Wildman–Crippen MR) is 108 cm³/mol. The Morgan fingerprint density at radius 3 is 2.08 bits per heavy atom. The first-order valence-corrected chi connectivity index (χ1v) is 9.65. The van der Waals surface area contributed by atoms with Gasteiger partial charge in [0.25, 0.3) is 0 Å². The van der Waals surface area contributed by atoms with E-state index in [9.17, 15) is 0 Å². The van der Waals surface area contributed by atoms with Gasteiger partial charge >= 0.3 is 0 Å². The molecule has 0 aromatic heterocycles. The third-order valence-corrected chi connectivity index (χ3v) is 7.36. The summed E-state index contributed by atoms with van der Waals surface area (Å²) >= 11 is 0. The maximum absolute atomic E-state index is 5.54. The summed E-state index contributed by atoms with van der Waals surface area (Å²) in [4.78, 5) is 10.6. The molecule has 0 saturated heterocycles. The molecule has 2 aromatic rings. The first-order valence-electron chi connectivity index (χ1n) is 9.65. The maximum Gasteiger partial charge on any atom is 0.101 e. The molecule has 1 saturated carbocycles. The smallest absolute Gasteiger partial charge is 0.101 e. The van der Waals surface area contributed by atoms with Gasteiger partial charge in [-0.25, -0.2) is 0 Å². The molecule has 2 bridgehead atoms. The molecule has 4 unspecified atom stereocenters. The third kappa shape index (κ3) is 1.68. The second-order valence-electron chi connectivity index (χ2n) is 9.21. The second-order valence-corrected chi connectivity index (χ2v) is 9.21. The van der Waals surface area contributed by atoms with Crippen LogP contribution in [0, 0.1) is 22.7 Å². The van der Waals surface area contributed by atoms with E-state index in [1.54, 1.807) is 0 Å². The van der Waals surface area contributed by atoms with E-state index in [4.69, 9.17) is 9.98 Å². The van der Waals surface area contributed by atoms with Gasteiger partial charge in [-0.05, 0) is 11.1 Å². The molecular formula is C24H26N2. The van der Waals surface area contributed by atoms with Gasteiger partial charge in [-0.15, -0.1) is 0 Å². The van der Waals surface area contributed by atoms with Crippen LogP contribution in [0.5, 0.6) is 0 Å². The van der Waals surface area contributed by atoms with E-state index < -0.39 is 0 Å². The fraction of sp³-hybridized carbons (Fsp3) is 0.417. The van der Waals surface area contributed by atoms with Gasteiger partial charge in [0.05, 0.1) is 5.54 Å². The zero-order chi connectivity index (χ0) is 18.2. The largest absolute Gasteiger partial charge is 0.287 e. The molecule has 132 valence electrons. The lowest BCUT2D eigenvalue weighted by Gasteiger charge is -2.68. The minimum absolute atomic E-state index is 0.0427. The Kier molecular flexibility index (Phi) is 3.04. The summed E-state index contributed by atoms with van der Waals surface area (Å²) in [6, 6.07) is 21.6. The summed E-state index contributed by atoms with van der Waals surface area (Å²) in [5, 5.41) is 0. The number of hydrogen-bond donors (Lipinski definition) is 0. The Morgan fingerprint density at radius 2 is 1.42 bits per heavy atom.